The second-order valence-electron chi connectivity index (χ2n) is 6.06. The van der Waals surface area contributed by atoms with Crippen molar-refractivity contribution in [2.45, 2.75) is 49.1 Å². The van der Waals surface area contributed by atoms with Crippen molar-refractivity contribution in [3.05, 3.63) is 50.9 Å². The zero-order valence-corrected chi connectivity index (χ0v) is 17.5. The van der Waals surface area contributed by atoms with Crippen molar-refractivity contribution in [2.24, 2.45) is 0 Å². The van der Waals surface area contributed by atoms with E-state index in [0.29, 0.717) is 32.6 Å². The summed E-state index contributed by atoms with van der Waals surface area (Å²) in [4.78, 5) is 31.5. The molecule has 2 rings (SSSR count). The minimum Gasteiger partial charge on any atom is -0.325 e. The molecular formula is C18H22ClN3O2S2. The monoisotopic (exact) mass is 411 g/mol. The SMILES string of the molecule is Cc1c(Cl)cccc1NC(=O)C(C)Sc1nc(CSC(C)C)cc(=O)[nH]1. The van der Waals surface area contributed by atoms with Crippen LogP contribution < -0.4 is 10.9 Å². The van der Waals surface area contributed by atoms with Gasteiger partial charge in [0.05, 0.1) is 10.9 Å². The van der Waals surface area contributed by atoms with Gasteiger partial charge < -0.3 is 10.3 Å². The molecule has 2 aromatic rings. The number of benzene rings is 1. The van der Waals surface area contributed by atoms with Crippen molar-refractivity contribution in [1.29, 1.82) is 0 Å². The Kier molecular flexibility index (Phi) is 7.61. The van der Waals surface area contributed by atoms with Gasteiger partial charge in [0.15, 0.2) is 5.16 Å². The van der Waals surface area contributed by atoms with E-state index in [1.807, 2.05) is 6.92 Å². The molecule has 1 aromatic heterocycles. The van der Waals surface area contributed by atoms with Crippen molar-refractivity contribution in [3.8, 4) is 0 Å². The fourth-order valence-corrected chi connectivity index (χ4v) is 3.72. The maximum Gasteiger partial charge on any atom is 0.251 e. The van der Waals surface area contributed by atoms with Gasteiger partial charge in [-0.3, -0.25) is 9.59 Å². The minimum absolute atomic E-state index is 0.176. The van der Waals surface area contributed by atoms with Gasteiger partial charge in [-0.05, 0) is 36.8 Å². The van der Waals surface area contributed by atoms with E-state index in [9.17, 15) is 9.59 Å². The van der Waals surface area contributed by atoms with Crippen LogP contribution in [0.4, 0.5) is 5.69 Å². The Balaban J connectivity index is 2.06. The molecule has 1 atom stereocenters. The second-order valence-corrected chi connectivity index (χ2v) is 9.36. The number of carbonyl (C=O) groups is 1. The quantitative estimate of drug-likeness (QED) is 0.518. The summed E-state index contributed by atoms with van der Waals surface area (Å²) < 4.78 is 0. The van der Waals surface area contributed by atoms with E-state index in [4.69, 9.17) is 11.6 Å². The molecule has 0 saturated carbocycles. The molecule has 1 unspecified atom stereocenters. The number of amides is 1. The molecule has 0 spiro atoms. The maximum atomic E-state index is 12.5. The maximum absolute atomic E-state index is 12.5. The highest BCUT2D eigenvalue weighted by Crippen LogP contribution is 2.25. The number of hydrogen-bond donors (Lipinski definition) is 2. The standard InChI is InChI=1S/C18H22ClN3O2S2/c1-10(2)25-9-13-8-16(23)22-18(20-13)26-12(4)17(24)21-15-7-5-6-14(19)11(15)3/h5-8,10,12H,9H2,1-4H3,(H,21,24)(H,20,22,23). The highest BCUT2D eigenvalue weighted by molar-refractivity contribution is 8.00. The third-order valence-electron chi connectivity index (χ3n) is 3.52. The van der Waals surface area contributed by atoms with Gasteiger partial charge in [-0.1, -0.05) is 43.3 Å². The number of nitrogens with zero attached hydrogens (tertiary/aromatic N) is 1. The number of anilines is 1. The summed E-state index contributed by atoms with van der Waals surface area (Å²) in [7, 11) is 0. The van der Waals surface area contributed by atoms with E-state index >= 15 is 0 Å². The van der Waals surface area contributed by atoms with Crippen LogP contribution in [0, 0.1) is 6.92 Å². The number of aromatic nitrogens is 2. The van der Waals surface area contributed by atoms with Crippen molar-refractivity contribution in [3.63, 3.8) is 0 Å². The topological polar surface area (TPSA) is 74.8 Å². The molecule has 8 heteroatoms. The molecule has 0 bridgehead atoms. The van der Waals surface area contributed by atoms with Gasteiger partial charge in [0.25, 0.3) is 5.56 Å². The lowest BCUT2D eigenvalue weighted by Crippen LogP contribution is -2.23. The predicted octanol–water partition coefficient (Wildman–Crippen LogP) is 4.49. The molecule has 26 heavy (non-hydrogen) atoms. The number of nitrogens with one attached hydrogen (secondary N) is 2. The van der Waals surface area contributed by atoms with E-state index in [1.165, 1.54) is 17.8 Å². The van der Waals surface area contributed by atoms with Gasteiger partial charge in [-0.25, -0.2) is 4.98 Å². The smallest absolute Gasteiger partial charge is 0.251 e. The van der Waals surface area contributed by atoms with Crippen LogP contribution in [0.25, 0.3) is 0 Å². The van der Waals surface area contributed by atoms with Crippen LogP contribution >= 0.6 is 35.1 Å². The van der Waals surface area contributed by atoms with Gasteiger partial charge in [-0.15, -0.1) is 0 Å². The van der Waals surface area contributed by atoms with E-state index in [0.717, 1.165) is 5.56 Å². The normalized spacial score (nSPS) is 12.2. The van der Waals surface area contributed by atoms with Crippen molar-refractivity contribution >= 4 is 46.7 Å². The van der Waals surface area contributed by atoms with Gasteiger partial charge >= 0.3 is 0 Å². The van der Waals surface area contributed by atoms with E-state index in [1.54, 1.807) is 36.9 Å². The van der Waals surface area contributed by atoms with Gasteiger partial charge in [0, 0.05) is 22.5 Å². The fourth-order valence-electron chi connectivity index (χ4n) is 2.06. The van der Waals surface area contributed by atoms with Crippen molar-refractivity contribution in [2.75, 3.05) is 5.32 Å². The molecule has 0 fully saturated rings. The Bertz CT molecular complexity index is 839. The van der Waals surface area contributed by atoms with Gasteiger partial charge in [0.1, 0.15) is 0 Å². The number of H-pyrrole nitrogens is 1. The number of rotatable bonds is 7. The van der Waals surface area contributed by atoms with Crippen LogP contribution in [0.1, 0.15) is 32.0 Å². The highest BCUT2D eigenvalue weighted by atomic mass is 35.5. The van der Waals surface area contributed by atoms with Crippen LogP contribution in [-0.4, -0.2) is 26.4 Å². The molecule has 2 N–H and O–H groups in total. The molecule has 1 aromatic carbocycles. The first kappa shape index (κ1) is 20.9. The first-order valence-electron chi connectivity index (χ1n) is 8.20. The summed E-state index contributed by atoms with van der Waals surface area (Å²) in [5.41, 5.74) is 2.01. The molecule has 0 aliphatic heterocycles. The van der Waals surface area contributed by atoms with Crippen molar-refractivity contribution in [1.82, 2.24) is 9.97 Å². The van der Waals surface area contributed by atoms with E-state index in [2.05, 4.69) is 29.1 Å². The number of hydrogen-bond acceptors (Lipinski definition) is 5. The Morgan fingerprint density at radius 1 is 1.35 bits per heavy atom. The number of halogens is 1. The van der Waals surface area contributed by atoms with Crippen molar-refractivity contribution < 1.29 is 4.79 Å². The van der Waals surface area contributed by atoms with Gasteiger partial charge in [-0.2, -0.15) is 11.8 Å². The van der Waals surface area contributed by atoms with Crippen LogP contribution in [0.5, 0.6) is 0 Å². The third-order valence-corrected chi connectivity index (χ3v) is 6.04. The molecule has 0 aliphatic rings. The van der Waals surface area contributed by atoms with E-state index < -0.39 is 5.25 Å². The van der Waals surface area contributed by atoms with Crippen LogP contribution in [-0.2, 0) is 10.5 Å². The highest BCUT2D eigenvalue weighted by Gasteiger charge is 2.17. The Hall–Kier alpha value is -1.44. The molecular weight excluding hydrogens is 390 g/mol. The predicted molar refractivity (Wildman–Crippen MR) is 111 cm³/mol. The largest absolute Gasteiger partial charge is 0.325 e. The summed E-state index contributed by atoms with van der Waals surface area (Å²) in [6, 6.07) is 6.87. The molecule has 1 heterocycles. The lowest BCUT2D eigenvalue weighted by molar-refractivity contribution is -0.115. The Labute approximate surface area is 166 Å². The third kappa shape index (κ3) is 6.07. The Morgan fingerprint density at radius 2 is 2.08 bits per heavy atom. The summed E-state index contributed by atoms with van der Waals surface area (Å²) in [6.45, 7) is 7.82. The summed E-state index contributed by atoms with van der Waals surface area (Å²) in [5, 5.41) is 3.95. The number of carbonyl (C=O) groups excluding carboxylic acids is 1. The van der Waals surface area contributed by atoms with Crippen LogP contribution in [0.15, 0.2) is 34.2 Å². The molecule has 140 valence electrons. The van der Waals surface area contributed by atoms with E-state index in [-0.39, 0.29) is 11.5 Å². The van der Waals surface area contributed by atoms with Crippen LogP contribution in [0.3, 0.4) is 0 Å². The summed E-state index contributed by atoms with van der Waals surface area (Å²) in [5.74, 6) is 0.488. The number of aromatic amines is 1. The fraction of sp³-hybridized carbons (Fsp3) is 0.389. The zero-order valence-electron chi connectivity index (χ0n) is 15.1. The average molecular weight is 412 g/mol. The minimum atomic E-state index is -0.426. The summed E-state index contributed by atoms with van der Waals surface area (Å²) in [6.07, 6.45) is 0. The second kappa shape index (κ2) is 9.48. The summed E-state index contributed by atoms with van der Waals surface area (Å²) >= 11 is 9.02. The molecule has 1 amide bonds. The lowest BCUT2D eigenvalue weighted by atomic mass is 10.2. The van der Waals surface area contributed by atoms with Crippen LogP contribution in [0.2, 0.25) is 5.02 Å². The lowest BCUT2D eigenvalue weighted by Gasteiger charge is -2.14. The van der Waals surface area contributed by atoms with Gasteiger partial charge in [0.2, 0.25) is 5.91 Å². The number of thioether (sulfide) groups is 2. The first-order chi connectivity index (χ1) is 12.3. The average Bonchev–Trinajstić information content (AvgIpc) is 2.56. The zero-order chi connectivity index (χ0) is 19.3. The first-order valence-corrected chi connectivity index (χ1v) is 10.5. The Morgan fingerprint density at radius 3 is 2.77 bits per heavy atom. The molecule has 0 radical (unpaired) electrons. The molecule has 0 saturated heterocycles. The molecule has 5 nitrogen and oxygen atoms in total. The molecule has 0 aliphatic carbocycles.